The molecule has 0 unspecified atom stereocenters. The molecule has 0 saturated carbocycles. The van der Waals surface area contributed by atoms with Gasteiger partial charge in [0.2, 0.25) is 0 Å². The van der Waals surface area contributed by atoms with Gasteiger partial charge in [0.05, 0.1) is 17.7 Å². The van der Waals surface area contributed by atoms with E-state index in [2.05, 4.69) is 15.4 Å². The number of halogens is 1. The number of hydrogen-bond donors (Lipinski definition) is 2. The molecule has 1 heterocycles. The number of methoxy groups -OCH3 is 1. The lowest BCUT2D eigenvalue weighted by molar-refractivity contribution is -0.139. The highest BCUT2D eigenvalue weighted by Crippen LogP contribution is 2.18. The van der Waals surface area contributed by atoms with Crippen LogP contribution in [0.25, 0.3) is 5.69 Å². The van der Waals surface area contributed by atoms with Gasteiger partial charge in [-0.05, 0) is 48.5 Å². The van der Waals surface area contributed by atoms with Crippen molar-refractivity contribution in [3.8, 4) is 5.69 Å². The van der Waals surface area contributed by atoms with Crippen molar-refractivity contribution in [1.29, 1.82) is 0 Å². The van der Waals surface area contributed by atoms with Gasteiger partial charge in [-0.3, -0.25) is 23.7 Å². The molecule has 0 aliphatic heterocycles. The Hall–Kier alpha value is -3.91. The number of carbonyl (C=O) groups is 3. The average Bonchev–Trinajstić information content (AvgIpc) is 2.78. The van der Waals surface area contributed by atoms with E-state index in [-0.39, 0.29) is 18.0 Å². The highest BCUT2D eigenvalue weighted by atomic mass is 35.5. The lowest BCUT2D eigenvalue weighted by atomic mass is 10.2. The summed E-state index contributed by atoms with van der Waals surface area (Å²) in [7, 11) is 1.20. The molecule has 9 heteroatoms. The number of rotatable bonds is 6. The van der Waals surface area contributed by atoms with Crippen LogP contribution >= 0.6 is 11.6 Å². The predicted molar refractivity (Wildman–Crippen MR) is 116 cm³/mol. The van der Waals surface area contributed by atoms with Gasteiger partial charge < -0.3 is 15.4 Å². The van der Waals surface area contributed by atoms with Gasteiger partial charge in [-0.15, -0.1) is 0 Å². The second kappa shape index (κ2) is 9.73. The SMILES string of the molecule is COC(=O)CNC(=O)c1cccn(-c2ccc(NC(=O)c3ccccc3Cl)cc2)c1=O. The number of esters is 1. The van der Waals surface area contributed by atoms with Crippen molar-refractivity contribution in [3.63, 3.8) is 0 Å². The fourth-order valence-corrected chi connectivity index (χ4v) is 2.96. The van der Waals surface area contributed by atoms with Crippen molar-refractivity contribution >= 4 is 35.1 Å². The van der Waals surface area contributed by atoms with Crippen molar-refractivity contribution in [2.75, 3.05) is 19.0 Å². The third kappa shape index (κ3) is 5.18. The molecule has 2 N–H and O–H groups in total. The van der Waals surface area contributed by atoms with Crippen LogP contribution in [-0.2, 0) is 9.53 Å². The van der Waals surface area contributed by atoms with Gasteiger partial charge in [-0.1, -0.05) is 23.7 Å². The summed E-state index contributed by atoms with van der Waals surface area (Å²) in [5.41, 5.74) is 0.660. The van der Waals surface area contributed by atoms with E-state index < -0.39 is 17.4 Å². The zero-order valence-corrected chi connectivity index (χ0v) is 17.2. The summed E-state index contributed by atoms with van der Waals surface area (Å²) in [5, 5.41) is 5.41. The summed E-state index contributed by atoms with van der Waals surface area (Å²) in [4.78, 5) is 48.5. The van der Waals surface area contributed by atoms with Crippen LogP contribution in [0.4, 0.5) is 5.69 Å². The number of ether oxygens (including phenoxy) is 1. The number of hydrogen-bond acceptors (Lipinski definition) is 5. The minimum atomic E-state index is -0.687. The third-order valence-electron chi connectivity index (χ3n) is 4.33. The van der Waals surface area contributed by atoms with Crippen molar-refractivity contribution in [1.82, 2.24) is 9.88 Å². The number of benzene rings is 2. The smallest absolute Gasteiger partial charge is 0.325 e. The fraction of sp³-hybridized carbons (Fsp3) is 0.0909. The molecule has 1 aromatic heterocycles. The first-order valence-electron chi connectivity index (χ1n) is 9.13. The molecule has 8 nitrogen and oxygen atoms in total. The minimum absolute atomic E-state index is 0.123. The quantitative estimate of drug-likeness (QED) is 0.574. The zero-order chi connectivity index (χ0) is 22.4. The molecule has 3 aromatic rings. The molecule has 2 aromatic carbocycles. The summed E-state index contributed by atoms with van der Waals surface area (Å²) in [5.74, 6) is -1.67. The van der Waals surface area contributed by atoms with Crippen molar-refractivity contribution in [2.24, 2.45) is 0 Å². The Morgan fingerprint density at radius 2 is 1.61 bits per heavy atom. The predicted octanol–water partition coefficient (Wildman–Crippen LogP) is 2.65. The van der Waals surface area contributed by atoms with Gasteiger partial charge in [0.25, 0.3) is 17.4 Å². The summed E-state index contributed by atoms with van der Waals surface area (Å²) < 4.78 is 5.74. The van der Waals surface area contributed by atoms with Crippen LogP contribution in [0.3, 0.4) is 0 Å². The summed E-state index contributed by atoms with van der Waals surface area (Å²) in [6.45, 7) is -0.344. The van der Waals surface area contributed by atoms with Crippen molar-refractivity contribution < 1.29 is 19.1 Å². The Morgan fingerprint density at radius 3 is 2.29 bits per heavy atom. The van der Waals surface area contributed by atoms with Crippen LogP contribution < -0.4 is 16.2 Å². The molecule has 31 heavy (non-hydrogen) atoms. The van der Waals surface area contributed by atoms with Crippen LogP contribution in [0.5, 0.6) is 0 Å². The topological polar surface area (TPSA) is 106 Å². The molecular weight excluding hydrogens is 422 g/mol. The summed E-state index contributed by atoms with van der Waals surface area (Å²) in [6, 6.07) is 16.1. The maximum Gasteiger partial charge on any atom is 0.325 e. The minimum Gasteiger partial charge on any atom is -0.468 e. The van der Waals surface area contributed by atoms with Crippen LogP contribution in [0.2, 0.25) is 5.02 Å². The molecule has 0 saturated heterocycles. The standard InChI is InChI=1S/C22H18ClN3O5/c1-31-19(27)13-24-20(28)17-6-4-12-26(22(17)30)15-10-8-14(9-11-15)25-21(29)16-5-2-3-7-18(16)23/h2-12H,13H2,1H3,(H,24,28)(H,25,29). The lowest BCUT2D eigenvalue weighted by Crippen LogP contribution is -2.35. The number of amides is 2. The first-order valence-corrected chi connectivity index (χ1v) is 9.51. The van der Waals surface area contributed by atoms with E-state index >= 15 is 0 Å². The van der Waals surface area contributed by atoms with Gasteiger partial charge in [0.1, 0.15) is 12.1 Å². The number of nitrogens with one attached hydrogen (secondary N) is 2. The molecule has 0 fully saturated rings. The van der Waals surface area contributed by atoms with Gasteiger partial charge in [0.15, 0.2) is 0 Å². The van der Waals surface area contributed by atoms with E-state index in [1.165, 1.54) is 23.9 Å². The lowest BCUT2D eigenvalue weighted by Gasteiger charge is -2.10. The second-order valence-corrected chi connectivity index (χ2v) is 6.74. The van der Waals surface area contributed by atoms with E-state index in [0.717, 1.165) is 0 Å². The molecule has 2 amide bonds. The number of pyridine rings is 1. The monoisotopic (exact) mass is 439 g/mol. The first-order chi connectivity index (χ1) is 14.9. The normalized spacial score (nSPS) is 10.3. The van der Waals surface area contributed by atoms with Crippen LogP contribution in [0, 0.1) is 0 Å². The highest BCUT2D eigenvalue weighted by Gasteiger charge is 2.14. The first kappa shape index (κ1) is 21.8. The van der Waals surface area contributed by atoms with E-state index in [4.69, 9.17) is 11.6 Å². The Balaban J connectivity index is 1.77. The summed E-state index contributed by atoms with van der Waals surface area (Å²) in [6.07, 6.45) is 1.51. The van der Waals surface area contributed by atoms with Crippen LogP contribution in [0.15, 0.2) is 71.7 Å². The number of carbonyl (C=O) groups excluding carboxylic acids is 3. The molecule has 0 bridgehead atoms. The molecule has 0 aliphatic rings. The summed E-state index contributed by atoms with van der Waals surface area (Å²) >= 11 is 6.04. The average molecular weight is 440 g/mol. The Kier molecular flexibility index (Phi) is 6.84. The maximum atomic E-state index is 12.7. The van der Waals surface area contributed by atoms with Crippen molar-refractivity contribution in [2.45, 2.75) is 0 Å². The molecule has 158 valence electrons. The van der Waals surface area contributed by atoms with Crippen LogP contribution in [0.1, 0.15) is 20.7 Å². The van der Waals surface area contributed by atoms with E-state index in [0.29, 0.717) is 22.0 Å². The Bertz CT molecular complexity index is 1190. The number of anilines is 1. The largest absolute Gasteiger partial charge is 0.468 e. The molecule has 0 spiro atoms. The van der Waals surface area contributed by atoms with E-state index in [1.54, 1.807) is 54.6 Å². The van der Waals surface area contributed by atoms with Gasteiger partial charge in [0, 0.05) is 17.6 Å². The van der Waals surface area contributed by atoms with Gasteiger partial charge >= 0.3 is 5.97 Å². The molecule has 0 aliphatic carbocycles. The highest BCUT2D eigenvalue weighted by molar-refractivity contribution is 6.34. The van der Waals surface area contributed by atoms with Gasteiger partial charge in [-0.2, -0.15) is 0 Å². The van der Waals surface area contributed by atoms with E-state index in [9.17, 15) is 19.2 Å². The Morgan fingerprint density at radius 1 is 0.935 bits per heavy atom. The van der Waals surface area contributed by atoms with E-state index in [1.807, 2.05) is 0 Å². The molecular formula is C22H18ClN3O5. The van der Waals surface area contributed by atoms with Gasteiger partial charge in [-0.25, -0.2) is 0 Å². The molecule has 0 radical (unpaired) electrons. The zero-order valence-electron chi connectivity index (χ0n) is 16.4. The maximum absolute atomic E-state index is 12.7. The second-order valence-electron chi connectivity index (χ2n) is 6.34. The Labute approximate surface area is 182 Å². The molecule has 3 rings (SSSR count). The number of nitrogens with zero attached hydrogens (tertiary/aromatic N) is 1. The van der Waals surface area contributed by atoms with Crippen molar-refractivity contribution in [3.05, 3.63) is 93.4 Å². The number of aromatic nitrogens is 1. The molecule has 0 atom stereocenters. The van der Waals surface area contributed by atoms with Crippen LogP contribution in [-0.4, -0.2) is 36.0 Å². The third-order valence-corrected chi connectivity index (χ3v) is 4.66. The fourth-order valence-electron chi connectivity index (χ4n) is 2.74.